The zero-order chi connectivity index (χ0) is 29.4. The van der Waals surface area contributed by atoms with Crippen LogP contribution in [0.2, 0.25) is 0 Å². The number of aromatic nitrogens is 3. The van der Waals surface area contributed by atoms with Crippen molar-refractivity contribution in [3.63, 3.8) is 0 Å². The van der Waals surface area contributed by atoms with Gasteiger partial charge in [-0.25, -0.2) is 4.98 Å². The monoisotopic (exact) mass is 563 g/mol. The summed E-state index contributed by atoms with van der Waals surface area (Å²) in [6.45, 7) is 4.72. The summed E-state index contributed by atoms with van der Waals surface area (Å²) in [5.41, 5.74) is 11.6. The fourth-order valence-electron chi connectivity index (χ4n) is 7.18. The molecule has 1 aliphatic carbocycles. The van der Waals surface area contributed by atoms with Crippen LogP contribution in [0.15, 0.2) is 140 Å². The predicted molar refractivity (Wildman–Crippen MR) is 182 cm³/mol. The Hall–Kier alpha value is -5.54. The summed E-state index contributed by atoms with van der Waals surface area (Å²) < 4.78 is 2.27. The molecule has 0 saturated heterocycles. The molecule has 1 aliphatic rings. The molecule has 0 N–H and O–H groups in total. The van der Waals surface area contributed by atoms with Crippen LogP contribution in [0.5, 0.6) is 0 Å². The van der Waals surface area contributed by atoms with Crippen molar-refractivity contribution in [1.82, 2.24) is 14.5 Å². The number of hydrogen-bond donors (Lipinski definition) is 0. The van der Waals surface area contributed by atoms with E-state index < -0.39 is 0 Å². The molecule has 44 heavy (non-hydrogen) atoms. The van der Waals surface area contributed by atoms with Gasteiger partial charge in [0.05, 0.1) is 16.7 Å². The maximum atomic E-state index is 5.02. The van der Waals surface area contributed by atoms with Gasteiger partial charge in [-0.2, -0.15) is 0 Å². The van der Waals surface area contributed by atoms with Crippen molar-refractivity contribution in [3.8, 4) is 39.5 Å². The lowest BCUT2D eigenvalue weighted by Crippen LogP contribution is -2.15. The van der Waals surface area contributed by atoms with Gasteiger partial charge >= 0.3 is 0 Å². The zero-order valence-corrected chi connectivity index (χ0v) is 24.6. The first-order chi connectivity index (χ1) is 21.6. The van der Waals surface area contributed by atoms with Crippen LogP contribution in [0.4, 0.5) is 0 Å². The van der Waals surface area contributed by atoms with Crippen LogP contribution in [0.25, 0.3) is 72.0 Å². The molecule has 0 fully saturated rings. The summed E-state index contributed by atoms with van der Waals surface area (Å²) >= 11 is 0. The summed E-state index contributed by atoms with van der Waals surface area (Å²) in [6.07, 6.45) is 1.87. The molecule has 208 valence electrons. The number of pyridine rings is 1. The fraction of sp³-hybridized carbons (Fsp3) is 0.0732. The van der Waals surface area contributed by atoms with E-state index in [2.05, 4.69) is 139 Å². The Morgan fingerprint density at radius 3 is 1.93 bits per heavy atom. The average molecular weight is 564 g/mol. The third kappa shape index (κ3) is 3.62. The Labute approximate surface area is 256 Å². The molecule has 2 heterocycles. The molecule has 0 bridgehead atoms. The molecule has 0 atom stereocenters. The minimum absolute atomic E-state index is 0.124. The van der Waals surface area contributed by atoms with E-state index in [1.165, 1.54) is 49.4 Å². The van der Waals surface area contributed by atoms with Crippen LogP contribution in [-0.4, -0.2) is 14.5 Å². The molecule has 0 unspecified atom stereocenters. The summed E-state index contributed by atoms with van der Waals surface area (Å²) in [5, 5.41) is 5.33. The smallest absolute Gasteiger partial charge is 0.145 e. The van der Waals surface area contributed by atoms with Gasteiger partial charge in [-0.1, -0.05) is 86.6 Å². The lowest BCUT2D eigenvalue weighted by atomic mass is 9.80. The van der Waals surface area contributed by atoms with Crippen LogP contribution in [0, 0.1) is 0 Å². The van der Waals surface area contributed by atoms with Gasteiger partial charge in [0.1, 0.15) is 5.82 Å². The Morgan fingerprint density at radius 1 is 0.545 bits per heavy atom. The molecular formula is C41H29N3. The molecule has 0 radical (unpaired) electrons. The molecule has 0 saturated carbocycles. The van der Waals surface area contributed by atoms with Crippen molar-refractivity contribution in [3.05, 3.63) is 151 Å². The molecule has 2 aromatic heterocycles. The van der Waals surface area contributed by atoms with Gasteiger partial charge in [-0.15, -0.1) is 0 Å². The van der Waals surface area contributed by atoms with Crippen molar-refractivity contribution >= 4 is 32.6 Å². The maximum Gasteiger partial charge on any atom is 0.145 e. The first kappa shape index (κ1) is 25.0. The molecule has 9 rings (SSSR count). The fourth-order valence-corrected chi connectivity index (χ4v) is 7.18. The molecule has 6 aromatic carbocycles. The third-order valence-corrected chi connectivity index (χ3v) is 9.39. The highest BCUT2D eigenvalue weighted by Gasteiger charge is 2.35. The van der Waals surface area contributed by atoms with E-state index in [0.717, 1.165) is 33.8 Å². The van der Waals surface area contributed by atoms with E-state index in [1.807, 2.05) is 24.4 Å². The highest BCUT2D eigenvalue weighted by Crippen LogP contribution is 2.51. The van der Waals surface area contributed by atoms with Crippen LogP contribution in [-0.2, 0) is 5.41 Å². The van der Waals surface area contributed by atoms with E-state index >= 15 is 0 Å². The van der Waals surface area contributed by atoms with Crippen molar-refractivity contribution in [2.75, 3.05) is 0 Å². The topological polar surface area (TPSA) is 30.7 Å². The zero-order valence-electron chi connectivity index (χ0n) is 24.6. The van der Waals surface area contributed by atoms with Crippen molar-refractivity contribution < 1.29 is 0 Å². The van der Waals surface area contributed by atoms with Crippen LogP contribution < -0.4 is 0 Å². The first-order valence-corrected chi connectivity index (χ1v) is 15.2. The van der Waals surface area contributed by atoms with Crippen LogP contribution >= 0.6 is 0 Å². The number of para-hydroxylation sites is 2. The number of benzene rings is 6. The largest absolute Gasteiger partial charge is 0.292 e. The molecular weight excluding hydrogens is 534 g/mol. The Balaban J connectivity index is 1.16. The standard InChI is InChI=1S/C41H29N3/c1-41(2)33-24-30(22-28-15-16-29-23-31(35-12-8-9-21-42-35)25-34(41)39(29)38(28)33)26-17-19-32(20-18-26)44-37-14-7-6-13-36(37)43-40(44)27-10-4-3-5-11-27/h3-25H,1-2H3. The molecule has 0 spiro atoms. The predicted octanol–water partition coefficient (Wildman–Crippen LogP) is 10.4. The summed E-state index contributed by atoms with van der Waals surface area (Å²) in [7, 11) is 0. The van der Waals surface area contributed by atoms with Gasteiger partial charge in [0.2, 0.25) is 0 Å². The highest BCUT2D eigenvalue weighted by atomic mass is 15.1. The number of hydrogen-bond acceptors (Lipinski definition) is 2. The van der Waals surface area contributed by atoms with Gasteiger partial charge in [0.15, 0.2) is 0 Å². The molecule has 0 amide bonds. The van der Waals surface area contributed by atoms with Gasteiger partial charge in [0, 0.05) is 28.4 Å². The lowest BCUT2D eigenvalue weighted by Gasteiger charge is -2.23. The van der Waals surface area contributed by atoms with E-state index in [1.54, 1.807) is 0 Å². The quantitative estimate of drug-likeness (QED) is 0.199. The second-order valence-electron chi connectivity index (χ2n) is 12.3. The molecule has 8 aromatic rings. The molecule has 3 heteroatoms. The van der Waals surface area contributed by atoms with E-state index in [9.17, 15) is 0 Å². The Bertz CT molecular complexity index is 2380. The van der Waals surface area contributed by atoms with E-state index in [4.69, 9.17) is 4.98 Å². The number of imidazole rings is 1. The van der Waals surface area contributed by atoms with Gasteiger partial charge in [0.25, 0.3) is 0 Å². The summed E-state index contributed by atoms with van der Waals surface area (Å²) in [6, 6.07) is 47.9. The van der Waals surface area contributed by atoms with Gasteiger partial charge in [-0.05, 0) is 104 Å². The first-order valence-electron chi connectivity index (χ1n) is 15.2. The molecule has 0 aliphatic heterocycles. The van der Waals surface area contributed by atoms with Crippen molar-refractivity contribution in [1.29, 1.82) is 0 Å². The number of fused-ring (bicyclic) bond motifs is 1. The average Bonchev–Trinajstić information content (AvgIpc) is 3.58. The van der Waals surface area contributed by atoms with Crippen LogP contribution in [0.3, 0.4) is 0 Å². The lowest BCUT2D eigenvalue weighted by molar-refractivity contribution is 0.663. The second-order valence-corrected chi connectivity index (χ2v) is 12.3. The van der Waals surface area contributed by atoms with Gasteiger partial charge < -0.3 is 0 Å². The third-order valence-electron chi connectivity index (χ3n) is 9.39. The Morgan fingerprint density at radius 2 is 1.20 bits per heavy atom. The number of nitrogens with zero attached hydrogens (tertiary/aromatic N) is 3. The minimum atomic E-state index is -0.124. The van der Waals surface area contributed by atoms with Crippen LogP contribution in [0.1, 0.15) is 25.0 Å². The van der Waals surface area contributed by atoms with Crippen molar-refractivity contribution in [2.45, 2.75) is 19.3 Å². The minimum Gasteiger partial charge on any atom is -0.292 e. The SMILES string of the molecule is CC1(C)c2cc(-c3ccc(-n4c(-c5ccccc5)nc5ccccc54)cc3)cc3ccc4cc(-c5ccccn5)cc1c4c23. The van der Waals surface area contributed by atoms with E-state index in [-0.39, 0.29) is 5.41 Å². The normalized spacial score (nSPS) is 13.4. The second kappa shape index (κ2) is 9.23. The maximum absolute atomic E-state index is 5.02. The van der Waals surface area contributed by atoms with Crippen molar-refractivity contribution in [2.24, 2.45) is 0 Å². The number of rotatable bonds is 4. The summed E-state index contributed by atoms with van der Waals surface area (Å²) in [5.74, 6) is 0.951. The van der Waals surface area contributed by atoms with E-state index in [0.29, 0.717) is 0 Å². The summed E-state index contributed by atoms with van der Waals surface area (Å²) in [4.78, 5) is 9.67. The highest BCUT2D eigenvalue weighted by molar-refractivity contribution is 6.16. The Kier molecular flexibility index (Phi) is 5.24. The molecule has 3 nitrogen and oxygen atoms in total. The van der Waals surface area contributed by atoms with Gasteiger partial charge in [-0.3, -0.25) is 9.55 Å².